The Kier molecular flexibility index (Phi) is 4.68. The molecule has 0 fully saturated rings. The molecule has 3 aromatic rings. The number of methoxy groups -OCH3 is 1. The normalized spacial score (nSPS) is 11.6. The second kappa shape index (κ2) is 6.95. The minimum atomic E-state index is -0.522. The van der Waals surface area contributed by atoms with Crippen LogP contribution in [0.1, 0.15) is 16.7 Å². The van der Waals surface area contributed by atoms with Crippen molar-refractivity contribution in [2.75, 3.05) is 7.11 Å². The third-order valence-corrected chi connectivity index (χ3v) is 4.46. The van der Waals surface area contributed by atoms with Crippen LogP contribution in [0.25, 0.3) is 18.3 Å². The van der Waals surface area contributed by atoms with Gasteiger partial charge in [0.25, 0.3) is 5.56 Å². The molecule has 1 N–H and O–H groups in total. The van der Waals surface area contributed by atoms with Crippen LogP contribution in [0.3, 0.4) is 0 Å². The molecule has 27 heavy (non-hydrogen) atoms. The quantitative estimate of drug-likeness (QED) is 0.565. The molecule has 0 spiro atoms. The standard InChI is InChI=1S/C20H19N3O4/c1-12-5-7-16(9-13(12)2)22-20(24)17(14(3)21-22)10-15-6-8-19(27-4)18(11-15)23(25)26/h5-11,21H,3H2,1-2,4H3/b17-10+. The predicted molar refractivity (Wildman–Crippen MR) is 104 cm³/mol. The van der Waals surface area contributed by atoms with Crippen LogP contribution in [0, 0.1) is 24.0 Å². The van der Waals surface area contributed by atoms with Crippen molar-refractivity contribution in [2.45, 2.75) is 13.8 Å². The van der Waals surface area contributed by atoms with E-state index in [4.69, 9.17) is 4.74 Å². The lowest BCUT2D eigenvalue weighted by atomic mass is 10.1. The van der Waals surface area contributed by atoms with E-state index in [-0.39, 0.29) is 17.0 Å². The van der Waals surface area contributed by atoms with Crippen molar-refractivity contribution in [2.24, 2.45) is 0 Å². The number of nitro groups is 1. The summed E-state index contributed by atoms with van der Waals surface area (Å²) in [7, 11) is 1.37. The van der Waals surface area contributed by atoms with Crippen molar-refractivity contribution in [3.05, 3.63) is 84.1 Å². The molecule has 1 aromatic heterocycles. The van der Waals surface area contributed by atoms with E-state index in [2.05, 4.69) is 11.7 Å². The van der Waals surface area contributed by atoms with Crippen molar-refractivity contribution < 1.29 is 9.66 Å². The third-order valence-electron chi connectivity index (χ3n) is 4.46. The first-order valence-corrected chi connectivity index (χ1v) is 8.23. The van der Waals surface area contributed by atoms with Crippen LogP contribution in [0.4, 0.5) is 5.69 Å². The van der Waals surface area contributed by atoms with Crippen LogP contribution in [0.5, 0.6) is 5.75 Å². The molecule has 0 amide bonds. The summed E-state index contributed by atoms with van der Waals surface area (Å²) in [5, 5.41) is 14.9. The Hall–Kier alpha value is -3.61. The number of hydrogen-bond acceptors (Lipinski definition) is 4. The molecule has 0 atom stereocenters. The molecule has 0 bridgehead atoms. The van der Waals surface area contributed by atoms with Gasteiger partial charge in [0.2, 0.25) is 0 Å². The van der Waals surface area contributed by atoms with Crippen LogP contribution in [0.2, 0.25) is 0 Å². The van der Waals surface area contributed by atoms with E-state index in [1.54, 1.807) is 12.1 Å². The monoisotopic (exact) mass is 365 g/mol. The highest BCUT2D eigenvalue weighted by Crippen LogP contribution is 2.27. The Morgan fingerprint density at radius 2 is 1.93 bits per heavy atom. The lowest BCUT2D eigenvalue weighted by molar-refractivity contribution is -0.385. The van der Waals surface area contributed by atoms with E-state index >= 15 is 0 Å². The Bertz CT molecular complexity index is 1200. The number of hydrogen-bond donors (Lipinski definition) is 1. The van der Waals surface area contributed by atoms with Gasteiger partial charge in [-0.2, -0.15) is 0 Å². The molecule has 7 heteroatoms. The van der Waals surface area contributed by atoms with Crippen LogP contribution < -0.4 is 20.9 Å². The zero-order chi connectivity index (χ0) is 19.7. The Morgan fingerprint density at radius 3 is 2.56 bits per heavy atom. The van der Waals surface area contributed by atoms with Gasteiger partial charge >= 0.3 is 5.69 Å². The summed E-state index contributed by atoms with van der Waals surface area (Å²) in [5.74, 6) is 0.161. The first kappa shape index (κ1) is 18.2. The van der Waals surface area contributed by atoms with Gasteiger partial charge < -0.3 is 4.74 Å². The lowest BCUT2D eigenvalue weighted by Gasteiger charge is -2.04. The van der Waals surface area contributed by atoms with Crippen molar-refractivity contribution in [1.82, 2.24) is 9.78 Å². The zero-order valence-corrected chi connectivity index (χ0v) is 15.3. The van der Waals surface area contributed by atoms with Gasteiger partial charge in [0, 0.05) is 6.07 Å². The number of aromatic amines is 1. The molecule has 138 valence electrons. The molecule has 7 nitrogen and oxygen atoms in total. The number of nitrogens with zero attached hydrogens (tertiary/aromatic N) is 2. The third kappa shape index (κ3) is 3.39. The number of benzene rings is 2. The van der Waals surface area contributed by atoms with Gasteiger partial charge in [0.15, 0.2) is 5.75 Å². The summed E-state index contributed by atoms with van der Waals surface area (Å²) >= 11 is 0. The average molecular weight is 365 g/mol. The summed E-state index contributed by atoms with van der Waals surface area (Å²) in [5.41, 5.74) is 2.97. The molecule has 0 radical (unpaired) electrons. The second-order valence-electron chi connectivity index (χ2n) is 6.25. The summed E-state index contributed by atoms with van der Waals surface area (Å²) in [6.07, 6.45) is 1.57. The Labute approximate surface area is 155 Å². The highest BCUT2D eigenvalue weighted by Gasteiger charge is 2.15. The second-order valence-corrected chi connectivity index (χ2v) is 6.25. The number of aryl methyl sites for hydroxylation is 2. The van der Waals surface area contributed by atoms with Crippen molar-refractivity contribution >= 4 is 18.3 Å². The Morgan fingerprint density at radius 1 is 1.19 bits per heavy atom. The smallest absolute Gasteiger partial charge is 0.311 e. The molecule has 0 saturated carbocycles. The van der Waals surface area contributed by atoms with Crippen molar-refractivity contribution in [3.8, 4) is 11.4 Å². The van der Waals surface area contributed by atoms with E-state index in [0.29, 0.717) is 21.8 Å². The summed E-state index contributed by atoms with van der Waals surface area (Å²) in [4.78, 5) is 23.5. The topological polar surface area (TPSA) is 90.2 Å². The van der Waals surface area contributed by atoms with Crippen LogP contribution in [0.15, 0.2) is 41.2 Å². The molecule has 0 aliphatic heterocycles. The maximum absolute atomic E-state index is 12.8. The zero-order valence-electron chi connectivity index (χ0n) is 15.3. The predicted octanol–water partition coefficient (Wildman–Crippen LogP) is 1.94. The number of ether oxygens (including phenoxy) is 1. The van der Waals surface area contributed by atoms with Gasteiger partial charge in [-0.15, -0.1) is 0 Å². The van der Waals surface area contributed by atoms with Crippen molar-refractivity contribution in [3.63, 3.8) is 0 Å². The summed E-state index contributed by atoms with van der Waals surface area (Å²) < 4.78 is 6.42. The average Bonchev–Trinajstić information content (AvgIpc) is 2.92. The van der Waals surface area contributed by atoms with Gasteiger partial charge in [0.1, 0.15) is 0 Å². The number of rotatable bonds is 4. The minimum absolute atomic E-state index is 0.161. The van der Waals surface area contributed by atoms with E-state index in [0.717, 1.165) is 11.1 Å². The number of aromatic nitrogens is 2. The van der Waals surface area contributed by atoms with E-state index in [9.17, 15) is 14.9 Å². The molecule has 0 unspecified atom stereocenters. The van der Waals surface area contributed by atoms with Crippen LogP contribution in [-0.4, -0.2) is 21.8 Å². The first-order chi connectivity index (χ1) is 12.8. The Balaban J connectivity index is 2.16. The molecule has 2 aromatic carbocycles. The molecule has 0 aliphatic rings. The first-order valence-electron chi connectivity index (χ1n) is 8.23. The maximum Gasteiger partial charge on any atom is 0.311 e. The highest BCUT2D eigenvalue weighted by atomic mass is 16.6. The van der Waals surface area contributed by atoms with Gasteiger partial charge in [-0.05, 0) is 54.8 Å². The molecular weight excluding hydrogens is 346 g/mol. The minimum Gasteiger partial charge on any atom is -0.490 e. The van der Waals surface area contributed by atoms with Gasteiger partial charge in [0.05, 0.1) is 28.3 Å². The molecular formula is C20H19N3O4. The molecule has 3 rings (SSSR count). The van der Waals surface area contributed by atoms with Gasteiger partial charge in [-0.25, -0.2) is 4.68 Å². The number of nitro benzene ring substituents is 1. The molecule has 1 heterocycles. The number of H-pyrrole nitrogens is 1. The molecule has 0 aliphatic carbocycles. The summed E-state index contributed by atoms with van der Waals surface area (Å²) in [6, 6.07) is 10.2. The van der Waals surface area contributed by atoms with Crippen molar-refractivity contribution in [1.29, 1.82) is 0 Å². The summed E-state index contributed by atoms with van der Waals surface area (Å²) in [6.45, 7) is 7.86. The van der Waals surface area contributed by atoms with E-state index in [1.807, 2.05) is 32.0 Å². The fourth-order valence-corrected chi connectivity index (χ4v) is 2.80. The van der Waals surface area contributed by atoms with Gasteiger partial charge in [-0.3, -0.25) is 20.0 Å². The fraction of sp³-hybridized carbons (Fsp3) is 0.150. The highest BCUT2D eigenvalue weighted by molar-refractivity contribution is 5.58. The van der Waals surface area contributed by atoms with E-state index in [1.165, 1.54) is 23.9 Å². The van der Waals surface area contributed by atoms with E-state index < -0.39 is 4.92 Å². The number of nitrogens with one attached hydrogen (secondary N) is 1. The fourth-order valence-electron chi connectivity index (χ4n) is 2.80. The van der Waals surface area contributed by atoms with Gasteiger partial charge in [-0.1, -0.05) is 18.7 Å². The maximum atomic E-state index is 12.8. The lowest BCUT2D eigenvalue weighted by Crippen LogP contribution is -2.34. The largest absolute Gasteiger partial charge is 0.490 e. The molecule has 0 saturated heterocycles. The van der Waals surface area contributed by atoms with Crippen LogP contribution in [-0.2, 0) is 0 Å². The SMILES string of the molecule is C=c1[nH]n(-c2ccc(C)c(C)c2)c(=O)/c1=C/c1ccc(OC)c([N+](=O)[O-])c1. The van der Waals surface area contributed by atoms with Crippen LogP contribution >= 0.6 is 0 Å².